The van der Waals surface area contributed by atoms with E-state index in [1.165, 1.54) is 25.7 Å². The summed E-state index contributed by atoms with van der Waals surface area (Å²) >= 11 is 0. The molecule has 0 saturated heterocycles. The summed E-state index contributed by atoms with van der Waals surface area (Å²) in [5.74, 6) is 0.796. The van der Waals surface area contributed by atoms with E-state index in [-0.39, 0.29) is 12.0 Å². The van der Waals surface area contributed by atoms with Crippen molar-refractivity contribution in [2.45, 2.75) is 64.1 Å². The molecule has 2 rings (SSSR count). The highest BCUT2D eigenvalue weighted by Crippen LogP contribution is 2.34. The number of nitrogens with one attached hydrogen (secondary N) is 1. The van der Waals surface area contributed by atoms with Crippen molar-refractivity contribution in [1.82, 2.24) is 10.2 Å². The number of hydrogen-bond donors (Lipinski definition) is 1. The maximum absolute atomic E-state index is 11.9. The van der Waals surface area contributed by atoms with Gasteiger partial charge < -0.3 is 15.0 Å². The fraction of sp³-hybridized carbons (Fsp3) is 0.933. The van der Waals surface area contributed by atoms with Crippen LogP contribution in [0, 0.1) is 5.92 Å². The number of hydrogen-bond acceptors (Lipinski definition) is 4. The third kappa shape index (κ3) is 4.77. The lowest BCUT2D eigenvalue weighted by Gasteiger charge is -2.26. The third-order valence-corrected chi connectivity index (χ3v) is 4.36. The number of nitrogens with zero attached hydrogens (tertiary/aromatic N) is 1. The Balaban J connectivity index is 1.75. The standard InChI is InChI=1S/C15H28N2O2/c1-4-19-15(18)14(16-13-7-8-13)9-10-17(3)11(2)12-5-6-12/h11-14,16H,4-10H2,1-3H3. The molecular formula is C15H28N2O2. The van der Waals surface area contributed by atoms with Crippen LogP contribution in [0.15, 0.2) is 0 Å². The highest BCUT2D eigenvalue weighted by Gasteiger charge is 2.32. The van der Waals surface area contributed by atoms with E-state index in [4.69, 9.17) is 4.74 Å². The van der Waals surface area contributed by atoms with Crippen molar-refractivity contribution in [2.24, 2.45) is 5.92 Å². The molecule has 0 amide bonds. The molecule has 0 aromatic carbocycles. The van der Waals surface area contributed by atoms with Crippen LogP contribution in [-0.2, 0) is 9.53 Å². The molecule has 0 aliphatic heterocycles. The first-order valence-electron chi connectivity index (χ1n) is 7.74. The molecule has 2 atom stereocenters. The van der Waals surface area contributed by atoms with Crippen molar-refractivity contribution < 1.29 is 9.53 Å². The van der Waals surface area contributed by atoms with Gasteiger partial charge in [-0.2, -0.15) is 0 Å². The van der Waals surface area contributed by atoms with E-state index in [0.29, 0.717) is 18.7 Å². The summed E-state index contributed by atoms with van der Waals surface area (Å²) in [5, 5.41) is 3.41. The van der Waals surface area contributed by atoms with Crippen molar-refractivity contribution >= 4 is 5.97 Å². The summed E-state index contributed by atoms with van der Waals surface area (Å²) in [7, 11) is 2.17. The smallest absolute Gasteiger partial charge is 0.323 e. The fourth-order valence-electron chi connectivity index (χ4n) is 2.52. The van der Waals surface area contributed by atoms with Gasteiger partial charge in [-0.15, -0.1) is 0 Å². The molecule has 110 valence electrons. The minimum absolute atomic E-state index is 0.0816. The van der Waals surface area contributed by atoms with Crippen molar-refractivity contribution in [3.8, 4) is 0 Å². The first-order valence-corrected chi connectivity index (χ1v) is 7.74. The van der Waals surface area contributed by atoms with Crippen LogP contribution in [0.5, 0.6) is 0 Å². The van der Waals surface area contributed by atoms with Gasteiger partial charge in [-0.1, -0.05) is 0 Å². The van der Waals surface area contributed by atoms with Gasteiger partial charge in [-0.3, -0.25) is 4.79 Å². The van der Waals surface area contributed by atoms with Crippen LogP contribution in [0.3, 0.4) is 0 Å². The quantitative estimate of drug-likeness (QED) is 0.647. The van der Waals surface area contributed by atoms with Crippen LogP contribution in [0.25, 0.3) is 0 Å². The number of rotatable bonds is 9. The largest absolute Gasteiger partial charge is 0.465 e. The minimum atomic E-state index is -0.124. The van der Waals surface area contributed by atoms with E-state index in [0.717, 1.165) is 18.9 Å². The van der Waals surface area contributed by atoms with Crippen LogP contribution < -0.4 is 5.32 Å². The van der Waals surface area contributed by atoms with E-state index in [9.17, 15) is 4.79 Å². The molecule has 2 aliphatic rings. The lowest BCUT2D eigenvalue weighted by molar-refractivity contribution is -0.146. The molecule has 4 nitrogen and oxygen atoms in total. The molecular weight excluding hydrogens is 240 g/mol. The first-order chi connectivity index (χ1) is 9.11. The van der Waals surface area contributed by atoms with Gasteiger partial charge in [0.15, 0.2) is 0 Å². The predicted octanol–water partition coefficient (Wildman–Crippen LogP) is 1.79. The third-order valence-electron chi connectivity index (χ3n) is 4.36. The molecule has 2 saturated carbocycles. The Morgan fingerprint density at radius 2 is 2.05 bits per heavy atom. The summed E-state index contributed by atoms with van der Waals surface area (Å²) in [5.41, 5.74) is 0. The zero-order valence-electron chi connectivity index (χ0n) is 12.5. The topological polar surface area (TPSA) is 41.6 Å². The van der Waals surface area contributed by atoms with Gasteiger partial charge in [0.05, 0.1) is 6.61 Å². The second kappa shape index (κ2) is 6.71. The SMILES string of the molecule is CCOC(=O)C(CCN(C)C(C)C1CC1)NC1CC1. The Morgan fingerprint density at radius 3 is 2.58 bits per heavy atom. The molecule has 0 aromatic heterocycles. The Hall–Kier alpha value is -0.610. The second-order valence-corrected chi connectivity index (χ2v) is 6.09. The summed E-state index contributed by atoms with van der Waals surface area (Å²) in [6.45, 7) is 5.59. The Bertz CT molecular complexity index is 301. The lowest BCUT2D eigenvalue weighted by Crippen LogP contribution is -2.43. The van der Waals surface area contributed by atoms with E-state index < -0.39 is 0 Å². The van der Waals surface area contributed by atoms with Crippen molar-refractivity contribution in [3.05, 3.63) is 0 Å². The average Bonchev–Trinajstić information content (AvgIpc) is 3.27. The second-order valence-electron chi connectivity index (χ2n) is 6.09. The van der Waals surface area contributed by atoms with Gasteiger partial charge in [0.25, 0.3) is 0 Å². The molecule has 0 bridgehead atoms. The Morgan fingerprint density at radius 1 is 1.37 bits per heavy atom. The van der Waals surface area contributed by atoms with Gasteiger partial charge in [0.2, 0.25) is 0 Å². The van der Waals surface area contributed by atoms with E-state index in [1.807, 2.05) is 6.92 Å². The number of ether oxygens (including phenoxy) is 1. The van der Waals surface area contributed by atoms with E-state index in [2.05, 4.69) is 24.2 Å². The van der Waals surface area contributed by atoms with Crippen LogP contribution in [0.4, 0.5) is 0 Å². The molecule has 2 fully saturated rings. The van der Waals surface area contributed by atoms with Gasteiger partial charge in [0, 0.05) is 18.6 Å². The van der Waals surface area contributed by atoms with E-state index in [1.54, 1.807) is 0 Å². The molecule has 0 spiro atoms. The summed E-state index contributed by atoms with van der Waals surface area (Å²) in [6, 6.07) is 1.06. The molecule has 0 radical (unpaired) electrons. The van der Waals surface area contributed by atoms with Gasteiger partial charge in [-0.25, -0.2) is 0 Å². The monoisotopic (exact) mass is 268 g/mol. The molecule has 0 aromatic rings. The number of carbonyl (C=O) groups is 1. The molecule has 1 N–H and O–H groups in total. The summed E-state index contributed by atoms with van der Waals surface area (Å²) in [6.07, 6.45) is 5.98. The lowest BCUT2D eigenvalue weighted by atomic mass is 10.1. The number of carbonyl (C=O) groups excluding carboxylic acids is 1. The first kappa shape index (κ1) is 14.8. The van der Waals surface area contributed by atoms with Gasteiger partial charge in [-0.05, 0) is 58.9 Å². The normalized spacial score (nSPS) is 22.3. The van der Waals surface area contributed by atoms with E-state index >= 15 is 0 Å². The maximum Gasteiger partial charge on any atom is 0.323 e. The summed E-state index contributed by atoms with van der Waals surface area (Å²) in [4.78, 5) is 14.3. The molecule has 4 heteroatoms. The summed E-state index contributed by atoms with van der Waals surface area (Å²) < 4.78 is 5.17. The zero-order valence-corrected chi connectivity index (χ0v) is 12.5. The predicted molar refractivity (Wildman–Crippen MR) is 76.0 cm³/mol. The van der Waals surface area contributed by atoms with Gasteiger partial charge in [0.1, 0.15) is 6.04 Å². The average molecular weight is 268 g/mol. The number of esters is 1. The highest BCUT2D eigenvalue weighted by molar-refractivity contribution is 5.75. The molecule has 19 heavy (non-hydrogen) atoms. The fourth-order valence-corrected chi connectivity index (χ4v) is 2.52. The zero-order chi connectivity index (χ0) is 13.8. The Labute approximate surface area is 116 Å². The highest BCUT2D eigenvalue weighted by atomic mass is 16.5. The van der Waals surface area contributed by atoms with Crippen LogP contribution in [0.1, 0.15) is 46.0 Å². The van der Waals surface area contributed by atoms with Crippen molar-refractivity contribution in [2.75, 3.05) is 20.2 Å². The van der Waals surface area contributed by atoms with Crippen LogP contribution in [0.2, 0.25) is 0 Å². The van der Waals surface area contributed by atoms with Gasteiger partial charge >= 0.3 is 5.97 Å². The molecule has 0 heterocycles. The minimum Gasteiger partial charge on any atom is -0.465 e. The van der Waals surface area contributed by atoms with Crippen molar-refractivity contribution in [1.29, 1.82) is 0 Å². The van der Waals surface area contributed by atoms with Crippen LogP contribution >= 0.6 is 0 Å². The van der Waals surface area contributed by atoms with Crippen molar-refractivity contribution in [3.63, 3.8) is 0 Å². The molecule has 2 unspecified atom stereocenters. The van der Waals surface area contributed by atoms with Crippen LogP contribution in [-0.4, -0.2) is 49.2 Å². The maximum atomic E-state index is 11.9. The molecule has 2 aliphatic carbocycles. The Kier molecular flexibility index (Phi) is 5.22.